The lowest BCUT2D eigenvalue weighted by molar-refractivity contribution is -0.140. The minimum Gasteiger partial charge on any atom is -0.481 e. The van der Waals surface area contributed by atoms with E-state index in [1.54, 1.807) is 10.9 Å². The van der Waals surface area contributed by atoms with Crippen molar-refractivity contribution in [1.82, 2.24) is 15.1 Å². The number of hydrogen-bond donors (Lipinski definition) is 2. The molecule has 0 unspecified atom stereocenters. The first-order valence-electron chi connectivity index (χ1n) is 7.01. The smallest absolute Gasteiger partial charge is 0.305 e. The molecule has 3 rings (SSSR count). The van der Waals surface area contributed by atoms with E-state index in [0.29, 0.717) is 0 Å². The van der Waals surface area contributed by atoms with Gasteiger partial charge in [-0.05, 0) is 25.3 Å². The van der Waals surface area contributed by atoms with Crippen LogP contribution in [0.15, 0.2) is 30.5 Å². The second-order valence-corrected chi connectivity index (χ2v) is 5.61. The molecule has 1 aliphatic rings. The molecule has 110 valence electrons. The molecule has 6 nitrogen and oxygen atoms in total. The van der Waals surface area contributed by atoms with Gasteiger partial charge < -0.3 is 10.4 Å². The van der Waals surface area contributed by atoms with Gasteiger partial charge in [0.05, 0.1) is 23.7 Å². The van der Waals surface area contributed by atoms with Crippen LogP contribution in [-0.4, -0.2) is 32.3 Å². The normalized spacial score (nSPS) is 16.4. The molecular formula is C15H17N3O3. The van der Waals surface area contributed by atoms with Crippen molar-refractivity contribution in [3.63, 3.8) is 0 Å². The molecular weight excluding hydrogens is 270 g/mol. The third kappa shape index (κ3) is 2.74. The van der Waals surface area contributed by atoms with Crippen molar-refractivity contribution in [2.45, 2.75) is 37.8 Å². The van der Waals surface area contributed by atoms with Crippen LogP contribution in [0, 0.1) is 0 Å². The summed E-state index contributed by atoms with van der Waals surface area (Å²) in [5, 5.41) is 17.0. The maximum Gasteiger partial charge on any atom is 0.305 e. The second-order valence-electron chi connectivity index (χ2n) is 5.61. The van der Waals surface area contributed by atoms with Gasteiger partial charge in [0, 0.05) is 5.39 Å². The highest BCUT2D eigenvalue weighted by atomic mass is 16.4. The number of nitrogens with zero attached hydrogens (tertiary/aromatic N) is 2. The van der Waals surface area contributed by atoms with Crippen LogP contribution < -0.4 is 5.32 Å². The van der Waals surface area contributed by atoms with Crippen LogP contribution in [0.5, 0.6) is 0 Å². The summed E-state index contributed by atoms with van der Waals surface area (Å²) < 4.78 is 1.64. The van der Waals surface area contributed by atoms with E-state index >= 15 is 0 Å². The van der Waals surface area contributed by atoms with E-state index in [1.807, 2.05) is 24.3 Å². The third-order valence-electron chi connectivity index (χ3n) is 4.05. The third-order valence-corrected chi connectivity index (χ3v) is 4.05. The first kappa shape index (κ1) is 13.6. The SMILES string of the molecule is O=C(O)CC1(NC(=O)Cn2ncc3ccccc32)CCC1. The summed E-state index contributed by atoms with van der Waals surface area (Å²) in [7, 11) is 0. The minimum absolute atomic E-state index is 0.0153. The molecule has 1 fully saturated rings. The van der Waals surface area contributed by atoms with Crippen molar-refractivity contribution in [1.29, 1.82) is 0 Å². The van der Waals surface area contributed by atoms with E-state index in [4.69, 9.17) is 5.11 Å². The molecule has 0 aliphatic heterocycles. The van der Waals surface area contributed by atoms with Gasteiger partial charge in [0.15, 0.2) is 0 Å². The maximum atomic E-state index is 12.2. The fourth-order valence-electron chi connectivity index (χ4n) is 2.86. The van der Waals surface area contributed by atoms with E-state index in [2.05, 4.69) is 10.4 Å². The van der Waals surface area contributed by atoms with Gasteiger partial charge in [-0.25, -0.2) is 0 Å². The molecule has 0 spiro atoms. The Morgan fingerprint density at radius 2 is 2.10 bits per heavy atom. The van der Waals surface area contributed by atoms with Crippen molar-refractivity contribution >= 4 is 22.8 Å². The van der Waals surface area contributed by atoms with Crippen molar-refractivity contribution in [2.24, 2.45) is 0 Å². The Morgan fingerprint density at radius 1 is 1.33 bits per heavy atom. The summed E-state index contributed by atoms with van der Waals surface area (Å²) >= 11 is 0. The monoisotopic (exact) mass is 287 g/mol. The zero-order chi connectivity index (χ0) is 14.9. The lowest BCUT2D eigenvalue weighted by atomic mass is 9.74. The first-order chi connectivity index (χ1) is 10.1. The zero-order valence-corrected chi connectivity index (χ0v) is 11.6. The molecule has 0 saturated heterocycles. The molecule has 1 heterocycles. The summed E-state index contributed by atoms with van der Waals surface area (Å²) in [6.07, 6.45) is 4.12. The van der Waals surface area contributed by atoms with E-state index in [1.165, 1.54) is 0 Å². The number of aliphatic carboxylic acids is 1. The summed E-state index contributed by atoms with van der Waals surface area (Å²) in [5.74, 6) is -1.07. The highest BCUT2D eigenvalue weighted by molar-refractivity contribution is 5.82. The molecule has 1 aromatic carbocycles. The molecule has 6 heteroatoms. The number of carboxylic acid groups (broad SMARTS) is 1. The molecule has 0 bridgehead atoms. The van der Waals surface area contributed by atoms with Gasteiger partial charge in [-0.1, -0.05) is 18.2 Å². The van der Waals surface area contributed by atoms with Gasteiger partial charge >= 0.3 is 5.97 Å². The fraction of sp³-hybridized carbons (Fsp3) is 0.400. The minimum atomic E-state index is -0.875. The average Bonchev–Trinajstić information content (AvgIpc) is 2.79. The van der Waals surface area contributed by atoms with Crippen molar-refractivity contribution in [2.75, 3.05) is 0 Å². The van der Waals surface area contributed by atoms with Crippen LogP contribution >= 0.6 is 0 Å². The predicted molar refractivity (Wildman–Crippen MR) is 76.7 cm³/mol. The summed E-state index contributed by atoms with van der Waals surface area (Å²) in [4.78, 5) is 23.1. The lowest BCUT2D eigenvalue weighted by Gasteiger charge is -2.41. The number of para-hydroxylation sites is 1. The molecule has 1 aromatic heterocycles. The van der Waals surface area contributed by atoms with E-state index in [0.717, 1.165) is 30.2 Å². The largest absolute Gasteiger partial charge is 0.481 e. The van der Waals surface area contributed by atoms with E-state index in [-0.39, 0.29) is 18.9 Å². The van der Waals surface area contributed by atoms with Crippen molar-refractivity contribution in [3.8, 4) is 0 Å². The number of aromatic nitrogens is 2. The van der Waals surface area contributed by atoms with Gasteiger partial charge in [-0.3, -0.25) is 14.3 Å². The van der Waals surface area contributed by atoms with E-state index < -0.39 is 11.5 Å². The number of nitrogens with one attached hydrogen (secondary N) is 1. The molecule has 0 atom stereocenters. The molecule has 1 aliphatic carbocycles. The van der Waals surface area contributed by atoms with E-state index in [9.17, 15) is 9.59 Å². The number of carbonyl (C=O) groups is 2. The number of benzene rings is 1. The number of hydrogen-bond acceptors (Lipinski definition) is 3. The molecule has 0 radical (unpaired) electrons. The van der Waals surface area contributed by atoms with Crippen LogP contribution in [0.3, 0.4) is 0 Å². The van der Waals surface area contributed by atoms with Gasteiger partial charge in [0.2, 0.25) is 5.91 Å². The molecule has 2 N–H and O–H groups in total. The van der Waals surface area contributed by atoms with Crippen molar-refractivity contribution in [3.05, 3.63) is 30.5 Å². The highest BCUT2D eigenvalue weighted by Crippen LogP contribution is 2.34. The summed E-state index contributed by atoms with van der Waals surface area (Å²) in [6.45, 7) is 0.106. The molecule has 1 saturated carbocycles. The fourth-order valence-corrected chi connectivity index (χ4v) is 2.86. The number of amides is 1. The Bertz CT molecular complexity index is 688. The van der Waals surface area contributed by atoms with Crippen LogP contribution in [0.4, 0.5) is 0 Å². The van der Waals surface area contributed by atoms with Crippen LogP contribution in [0.1, 0.15) is 25.7 Å². The Morgan fingerprint density at radius 3 is 2.76 bits per heavy atom. The highest BCUT2D eigenvalue weighted by Gasteiger charge is 2.40. The Labute approximate surface area is 121 Å². The first-order valence-corrected chi connectivity index (χ1v) is 7.01. The zero-order valence-electron chi connectivity index (χ0n) is 11.6. The molecule has 1 amide bonds. The average molecular weight is 287 g/mol. The van der Waals surface area contributed by atoms with Gasteiger partial charge in [0.1, 0.15) is 6.54 Å². The quantitative estimate of drug-likeness (QED) is 0.874. The molecule has 2 aromatic rings. The summed E-state index contributed by atoms with van der Waals surface area (Å²) in [6, 6.07) is 7.67. The van der Waals surface area contributed by atoms with Gasteiger partial charge in [-0.2, -0.15) is 5.10 Å². The standard InChI is InChI=1S/C15H17N3O3/c19-13(17-15(6-3-7-15)8-14(20)21)10-18-12-5-2-1-4-11(12)9-16-18/h1-2,4-5,9H,3,6-8,10H2,(H,17,19)(H,20,21). The Hall–Kier alpha value is -2.37. The maximum absolute atomic E-state index is 12.2. The van der Waals surface area contributed by atoms with Crippen molar-refractivity contribution < 1.29 is 14.7 Å². The summed E-state index contributed by atoms with van der Waals surface area (Å²) in [5.41, 5.74) is 0.333. The number of carboxylic acids is 1. The molecule has 21 heavy (non-hydrogen) atoms. The predicted octanol–water partition coefficient (Wildman–Crippen LogP) is 1.55. The second kappa shape index (κ2) is 5.20. The Kier molecular flexibility index (Phi) is 3.37. The van der Waals surface area contributed by atoms with Gasteiger partial charge in [-0.15, -0.1) is 0 Å². The number of rotatable bonds is 5. The number of fused-ring (bicyclic) bond motifs is 1. The van der Waals surface area contributed by atoms with Crippen LogP contribution in [-0.2, 0) is 16.1 Å². The Balaban J connectivity index is 1.70. The number of carbonyl (C=O) groups excluding carboxylic acids is 1. The van der Waals surface area contributed by atoms with Gasteiger partial charge in [0.25, 0.3) is 0 Å². The van der Waals surface area contributed by atoms with Crippen LogP contribution in [0.25, 0.3) is 10.9 Å². The lowest BCUT2D eigenvalue weighted by Crippen LogP contribution is -2.55. The van der Waals surface area contributed by atoms with Crippen LogP contribution in [0.2, 0.25) is 0 Å². The topological polar surface area (TPSA) is 84.2 Å².